The molecule has 10 heteroatoms. The summed E-state index contributed by atoms with van der Waals surface area (Å²) in [5.74, 6) is 3.51. The van der Waals surface area contributed by atoms with Crippen molar-refractivity contribution >= 4 is 31.1 Å². The minimum atomic E-state index is -4.79. The molecule has 0 radical (unpaired) electrons. The lowest BCUT2D eigenvalue weighted by Crippen LogP contribution is -2.32. The molecule has 0 unspecified atom stereocenters. The number of fused-ring (bicyclic) bond motifs is 8. The third-order valence-corrected chi connectivity index (χ3v) is 22.1. The predicted octanol–water partition coefficient (Wildman–Crippen LogP) is 14.0. The quantitative estimate of drug-likeness (QED) is 0.0764. The molecule has 0 amide bonds. The van der Waals surface area contributed by atoms with E-state index in [1.165, 1.54) is 64.5 Å². The van der Waals surface area contributed by atoms with Gasteiger partial charge < -0.3 is 13.5 Å². The van der Waals surface area contributed by atoms with Crippen LogP contribution in [-0.2, 0) is 47.4 Å². The van der Waals surface area contributed by atoms with E-state index in [0.29, 0.717) is 27.9 Å². The maximum absolute atomic E-state index is 15.1. The highest BCUT2D eigenvalue weighted by atomic mass is 32.2. The van der Waals surface area contributed by atoms with Crippen molar-refractivity contribution in [2.45, 2.75) is 177 Å². The second kappa shape index (κ2) is 16.8. The Morgan fingerprint density at radius 3 is 1.39 bits per heavy atom. The third-order valence-electron chi connectivity index (χ3n) is 17.5. The molecule has 67 heavy (non-hydrogen) atoms. The van der Waals surface area contributed by atoms with E-state index >= 15 is 8.42 Å². The molecule has 0 saturated heterocycles. The third kappa shape index (κ3) is 7.88. The second-order valence-corrected chi connectivity index (χ2v) is 26.8. The number of hydrogen-bond donors (Lipinski definition) is 0. The van der Waals surface area contributed by atoms with Gasteiger partial charge in [-0.15, -0.1) is 0 Å². The van der Waals surface area contributed by atoms with Gasteiger partial charge in [0.1, 0.15) is 31.7 Å². The maximum atomic E-state index is 15.1. The zero-order valence-electron chi connectivity index (χ0n) is 39.4. The minimum absolute atomic E-state index is 0.0829. The van der Waals surface area contributed by atoms with Crippen LogP contribution >= 0.6 is 0 Å². The molecular formula is C57H64O7S3. The SMILES string of the molecule is CC(C)c1cc(OS(=O)(=O)c2c(C34CCC(CC3)C4)cc(C34CCC(CC3)C4)cc2C23CCC(CC2)C3)cc(C(C)C)c1S(=O)(=O)[O-].c1ccc([S+]2c3ccccc3Oc3ccccc32)cc1. The Labute approximate surface area is 401 Å². The van der Waals surface area contributed by atoms with E-state index < -0.39 is 20.2 Å². The van der Waals surface area contributed by atoms with E-state index in [1.54, 1.807) is 0 Å². The summed E-state index contributed by atoms with van der Waals surface area (Å²) in [6.45, 7) is 7.29. The van der Waals surface area contributed by atoms with Gasteiger partial charge in [-0.3, -0.25) is 0 Å². The highest BCUT2D eigenvalue weighted by Gasteiger charge is 2.55. The van der Waals surface area contributed by atoms with Gasteiger partial charge in [-0.2, -0.15) is 8.42 Å². The summed E-state index contributed by atoms with van der Waals surface area (Å²) in [5.41, 5.74) is 3.93. The smallest absolute Gasteiger partial charge is 0.339 e. The molecule has 6 saturated carbocycles. The second-order valence-electron chi connectivity index (χ2n) is 22.0. The van der Waals surface area contributed by atoms with Gasteiger partial charge in [-0.25, -0.2) is 8.42 Å². The monoisotopic (exact) mass is 956 g/mol. The lowest BCUT2D eigenvalue weighted by Gasteiger charge is -2.38. The lowest BCUT2D eigenvalue weighted by molar-refractivity contribution is 0.380. The van der Waals surface area contributed by atoms with Crippen LogP contribution in [0.1, 0.15) is 164 Å². The first-order valence-electron chi connectivity index (χ1n) is 25.0. The van der Waals surface area contributed by atoms with Gasteiger partial charge in [0.05, 0.1) is 4.90 Å². The van der Waals surface area contributed by atoms with Crippen LogP contribution in [-0.4, -0.2) is 21.4 Å². The van der Waals surface area contributed by atoms with Crippen LogP contribution in [0.3, 0.4) is 0 Å². The van der Waals surface area contributed by atoms with Gasteiger partial charge in [-0.1, -0.05) is 82.3 Å². The van der Waals surface area contributed by atoms with Crippen molar-refractivity contribution in [2.24, 2.45) is 17.8 Å². The number of para-hydroxylation sites is 2. The molecule has 5 aromatic rings. The summed E-state index contributed by atoms with van der Waals surface area (Å²) in [5, 5.41) is 0. The fourth-order valence-electron chi connectivity index (χ4n) is 14.2. The van der Waals surface area contributed by atoms with Crippen LogP contribution in [0.4, 0.5) is 0 Å². The molecule has 1 aliphatic heterocycles. The van der Waals surface area contributed by atoms with Gasteiger partial charge in [0.25, 0.3) is 0 Å². The summed E-state index contributed by atoms with van der Waals surface area (Å²) < 4.78 is 80.1. The highest BCUT2D eigenvalue weighted by Crippen LogP contribution is 2.63. The van der Waals surface area contributed by atoms with Crippen molar-refractivity contribution in [1.82, 2.24) is 0 Å². The molecule has 6 aliphatic carbocycles. The molecule has 0 spiro atoms. The van der Waals surface area contributed by atoms with Crippen LogP contribution < -0.4 is 8.92 Å². The molecule has 352 valence electrons. The van der Waals surface area contributed by atoms with E-state index in [9.17, 15) is 13.0 Å². The summed E-state index contributed by atoms with van der Waals surface area (Å²) in [7, 11) is -9.20. The molecule has 7 aliphatic rings. The first kappa shape index (κ1) is 45.4. The van der Waals surface area contributed by atoms with Crippen LogP contribution in [0.25, 0.3) is 0 Å². The molecular weight excluding hydrogens is 893 g/mol. The Balaban J connectivity index is 0.000000205. The standard InChI is InChI=1S/C39H52O6S2.C18H13OS/c1-24(2)31-19-30(20-32(25(3)4)35(31)46(40,41)42)45-47(43,44)36-33(38-13-7-27(22-38)8-14-38)17-29(37-11-5-26(21-37)6-12-37)18-34(36)39-15-9-28(23-39)10-16-39;1-2-8-14(9-3-1)20-17-12-6-4-10-15(17)19-16-11-5-7-13-18(16)20/h17-20,24-28H,5-16,21-23H2,1-4H3,(H,40,41,42);1-13H/q;+1/p-1. The molecule has 12 rings (SSSR count). The molecule has 5 aromatic carbocycles. The first-order valence-corrected chi connectivity index (χ1v) is 29.0. The van der Waals surface area contributed by atoms with E-state index in [0.717, 1.165) is 92.8 Å². The number of ether oxygens (including phenoxy) is 1. The Morgan fingerprint density at radius 1 is 0.567 bits per heavy atom. The number of hydrogen-bond acceptors (Lipinski definition) is 7. The van der Waals surface area contributed by atoms with Crippen molar-refractivity contribution in [3.8, 4) is 17.2 Å². The fourth-order valence-corrected chi connectivity index (χ4v) is 19.1. The van der Waals surface area contributed by atoms with Crippen molar-refractivity contribution in [2.75, 3.05) is 0 Å². The number of benzene rings is 5. The summed E-state index contributed by atoms with van der Waals surface area (Å²) in [6.07, 6.45) is 17.0. The summed E-state index contributed by atoms with van der Waals surface area (Å²) >= 11 is 0. The first-order chi connectivity index (χ1) is 32.1. The van der Waals surface area contributed by atoms with Crippen LogP contribution in [0.2, 0.25) is 0 Å². The maximum Gasteiger partial charge on any atom is 0.339 e. The normalized spacial score (nSPS) is 28.1. The lowest BCUT2D eigenvalue weighted by atomic mass is 9.68. The molecule has 0 N–H and O–H groups in total. The van der Waals surface area contributed by atoms with Crippen molar-refractivity contribution in [1.29, 1.82) is 0 Å². The van der Waals surface area contributed by atoms with Crippen LogP contribution in [0.5, 0.6) is 17.2 Å². The van der Waals surface area contributed by atoms with E-state index in [1.807, 2.05) is 52.0 Å². The van der Waals surface area contributed by atoms with Crippen molar-refractivity contribution in [3.05, 3.63) is 131 Å². The zero-order chi connectivity index (χ0) is 46.5. The van der Waals surface area contributed by atoms with Crippen molar-refractivity contribution in [3.63, 3.8) is 0 Å². The zero-order valence-corrected chi connectivity index (χ0v) is 41.8. The Hall–Kier alpha value is -4.09. The molecule has 6 fully saturated rings. The van der Waals surface area contributed by atoms with Crippen molar-refractivity contribution < 1.29 is 30.3 Å². The number of rotatable bonds is 10. The average molecular weight is 957 g/mol. The molecule has 7 nitrogen and oxygen atoms in total. The van der Waals surface area contributed by atoms with Gasteiger partial charge >= 0.3 is 10.1 Å². The topological polar surface area (TPSA) is 110 Å². The Bertz CT molecular complexity index is 2810. The van der Waals surface area contributed by atoms with E-state index in [4.69, 9.17) is 8.92 Å². The molecule has 1 heterocycles. The van der Waals surface area contributed by atoms with Gasteiger partial charge in [0.15, 0.2) is 16.4 Å². The molecule has 6 bridgehead atoms. The van der Waals surface area contributed by atoms with Crippen LogP contribution in [0.15, 0.2) is 128 Å². The van der Waals surface area contributed by atoms with Gasteiger partial charge in [0, 0.05) is 0 Å². The fraction of sp³-hybridized carbons (Fsp3) is 0.474. The minimum Gasteiger partial charge on any atom is -0.744 e. The largest absolute Gasteiger partial charge is 0.744 e. The predicted molar refractivity (Wildman–Crippen MR) is 263 cm³/mol. The molecule has 0 aromatic heterocycles. The summed E-state index contributed by atoms with van der Waals surface area (Å²) in [6, 6.07) is 35.0. The van der Waals surface area contributed by atoms with E-state index in [2.05, 4.69) is 66.7 Å². The van der Waals surface area contributed by atoms with Gasteiger partial charge in [-0.05, 0) is 218 Å². The van der Waals surface area contributed by atoms with Gasteiger partial charge in [0.2, 0.25) is 9.79 Å². The average Bonchev–Trinajstić information content (AvgIpc) is 4.21. The Kier molecular flexibility index (Phi) is 11.4. The Morgan fingerprint density at radius 2 is 0.985 bits per heavy atom. The highest BCUT2D eigenvalue weighted by molar-refractivity contribution is 7.97. The molecule has 0 atom stereocenters. The van der Waals surface area contributed by atoms with Crippen LogP contribution in [0, 0.1) is 17.8 Å². The van der Waals surface area contributed by atoms with E-state index in [-0.39, 0.29) is 49.6 Å². The summed E-state index contributed by atoms with van der Waals surface area (Å²) in [4.78, 5) is 4.03.